The third-order valence-corrected chi connectivity index (χ3v) is 2.43. The maximum absolute atomic E-state index is 9.09. The number of nitrogens with zero attached hydrogens (tertiary/aromatic N) is 1. The summed E-state index contributed by atoms with van der Waals surface area (Å²) >= 11 is 0. The van der Waals surface area contributed by atoms with Crippen molar-refractivity contribution < 1.29 is 4.74 Å². The molecule has 2 heteroatoms. The summed E-state index contributed by atoms with van der Waals surface area (Å²) in [5.74, 6) is 0.705. The van der Waals surface area contributed by atoms with E-state index in [0.29, 0.717) is 11.3 Å². The zero-order valence-corrected chi connectivity index (χ0v) is 8.97. The summed E-state index contributed by atoms with van der Waals surface area (Å²) < 4.78 is 5.10. The van der Waals surface area contributed by atoms with Gasteiger partial charge in [-0.05, 0) is 29.3 Å². The number of benzene rings is 2. The molecule has 0 amide bonds. The molecule has 0 N–H and O–H groups in total. The molecule has 2 aromatic carbocycles. The normalized spacial score (nSPS) is 9.50. The van der Waals surface area contributed by atoms with Crippen LogP contribution in [0, 0.1) is 11.3 Å². The number of hydrogen-bond donors (Lipinski definition) is 0. The van der Waals surface area contributed by atoms with Crippen molar-refractivity contribution in [1.82, 2.24) is 0 Å². The molecular formula is C14H11NO. The fourth-order valence-corrected chi connectivity index (χ4v) is 1.61. The van der Waals surface area contributed by atoms with E-state index in [1.165, 1.54) is 0 Å². The van der Waals surface area contributed by atoms with Gasteiger partial charge in [0, 0.05) is 0 Å². The van der Waals surface area contributed by atoms with Crippen molar-refractivity contribution in [3.05, 3.63) is 54.1 Å². The lowest BCUT2D eigenvalue weighted by Crippen LogP contribution is -1.87. The van der Waals surface area contributed by atoms with Crippen molar-refractivity contribution in [2.75, 3.05) is 7.11 Å². The second-order valence-electron chi connectivity index (χ2n) is 3.39. The SMILES string of the molecule is COc1ccc(-c2ccccc2)c(C#N)c1. The van der Waals surface area contributed by atoms with Crippen LogP contribution in [0.4, 0.5) is 0 Å². The first-order valence-electron chi connectivity index (χ1n) is 4.98. The first-order chi connectivity index (χ1) is 7.85. The van der Waals surface area contributed by atoms with Crippen LogP contribution in [0.1, 0.15) is 5.56 Å². The van der Waals surface area contributed by atoms with Crippen LogP contribution in [0.25, 0.3) is 11.1 Å². The predicted octanol–water partition coefficient (Wildman–Crippen LogP) is 3.23. The Kier molecular flexibility index (Phi) is 2.88. The van der Waals surface area contributed by atoms with Gasteiger partial charge in [0.15, 0.2) is 0 Å². The van der Waals surface area contributed by atoms with Gasteiger partial charge in [-0.2, -0.15) is 5.26 Å². The maximum Gasteiger partial charge on any atom is 0.120 e. The van der Waals surface area contributed by atoms with E-state index in [9.17, 15) is 0 Å². The van der Waals surface area contributed by atoms with E-state index < -0.39 is 0 Å². The molecule has 16 heavy (non-hydrogen) atoms. The van der Waals surface area contributed by atoms with Crippen LogP contribution in [0.3, 0.4) is 0 Å². The van der Waals surface area contributed by atoms with Gasteiger partial charge < -0.3 is 4.74 Å². The van der Waals surface area contributed by atoms with Crippen LogP contribution < -0.4 is 4.74 Å². The summed E-state index contributed by atoms with van der Waals surface area (Å²) in [6.45, 7) is 0. The topological polar surface area (TPSA) is 33.0 Å². The predicted molar refractivity (Wildman–Crippen MR) is 63.1 cm³/mol. The number of rotatable bonds is 2. The van der Waals surface area contributed by atoms with Gasteiger partial charge in [-0.25, -0.2) is 0 Å². The Labute approximate surface area is 94.7 Å². The first kappa shape index (κ1) is 10.3. The van der Waals surface area contributed by atoms with E-state index in [1.807, 2.05) is 42.5 Å². The van der Waals surface area contributed by atoms with E-state index in [-0.39, 0.29) is 0 Å². The molecule has 0 atom stereocenters. The molecule has 0 heterocycles. The molecule has 2 nitrogen and oxygen atoms in total. The molecule has 0 saturated carbocycles. The highest BCUT2D eigenvalue weighted by atomic mass is 16.5. The summed E-state index contributed by atoms with van der Waals surface area (Å²) in [6, 6.07) is 17.6. The number of nitriles is 1. The van der Waals surface area contributed by atoms with Crippen molar-refractivity contribution in [3.8, 4) is 22.9 Å². The molecule has 0 bridgehead atoms. The van der Waals surface area contributed by atoms with Crippen LogP contribution >= 0.6 is 0 Å². The average Bonchev–Trinajstić information content (AvgIpc) is 2.39. The van der Waals surface area contributed by atoms with Crippen molar-refractivity contribution in [2.24, 2.45) is 0 Å². The lowest BCUT2D eigenvalue weighted by atomic mass is 10.0. The van der Waals surface area contributed by atoms with Gasteiger partial charge in [0.05, 0.1) is 18.7 Å². The van der Waals surface area contributed by atoms with Crippen LogP contribution in [0.5, 0.6) is 5.75 Å². The van der Waals surface area contributed by atoms with Crippen molar-refractivity contribution >= 4 is 0 Å². The molecule has 2 rings (SSSR count). The van der Waals surface area contributed by atoms with Gasteiger partial charge in [-0.15, -0.1) is 0 Å². The van der Waals surface area contributed by atoms with Crippen molar-refractivity contribution in [3.63, 3.8) is 0 Å². The molecule has 0 fully saturated rings. The molecule has 2 aromatic rings. The van der Waals surface area contributed by atoms with Crippen LogP contribution in [0.2, 0.25) is 0 Å². The molecule has 0 radical (unpaired) electrons. The first-order valence-corrected chi connectivity index (χ1v) is 4.98. The molecule has 0 aromatic heterocycles. The van der Waals surface area contributed by atoms with E-state index in [2.05, 4.69) is 6.07 Å². The summed E-state index contributed by atoms with van der Waals surface area (Å²) in [5, 5.41) is 9.09. The van der Waals surface area contributed by atoms with Gasteiger partial charge in [0.1, 0.15) is 5.75 Å². The van der Waals surface area contributed by atoms with E-state index in [0.717, 1.165) is 11.1 Å². The number of ether oxygens (including phenoxy) is 1. The highest BCUT2D eigenvalue weighted by Gasteiger charge is 2.05. The Hall–Kier alpha value is -2.27. The Morgan fingerprint density at radius 2 is 1.81 bits per heavy atom. The second-order valence-corrected chi connectivity index (χ2v) is 3.39. The number of methoxy groups -OCH3 is 1. The van der Waals surface area contributed by atoms with Gasteiger partial charge >= 0.3 is 0 Å². The van der Waals surface area contributed by atoms with E-state index in [4.69, 9.17) is 10.00 Å². The molecule has 0 saturated heterocycles. The fraction of sp³-hybridized carbons (Fsp3) is 0.0714. The summed E-state index contributed by atoms with van der Waals surface area (Å²) in [5.41, 5.74) is 2.61. The highest BCUT2D eigenvalue weighted by molar-refractivity contribution is 5.71. The van der Waals surface area contributed by atoms with Crippen molar-refractivity contribution in [2.45, 2.75) is 0 Å². The lowest BCUT2D eigenvalue weighted by molar-refractivity contribution is 0.414. The molecule has 0 unspecified atom stereocenters. The summed E-state index contributed by atoms with van der Waals surface area (Å²) in [7, 11) is 1.60. The molecule has 0 aliphatic carbocycles. The van der Waals surface area contributed by atoms with Gasteiger partial charge in [-0.3, -0.25) is 0 Å². The Bertz CT molecular complexity index is 526. The Balaban J connectivity index is 2.54. The lowest BCUT2D eigenvalue weighted by Gasteiger charge is -2.06. The monoisotopic (exact) mass is 209 g/mol. The van der Waals surface area contributed by atoms with Gasteiger partial charge in [-0.1, -0.05) is 30.3 Å². The van der Waals surface area contributed by atoms with E-state index in [1.54, 1.807) is 13.2 Å². The standard InChI is InChI=1S/C14H11NO/c1-16-13-7-8-14(12(9-13)10-15)11-5-3-2-4-6-11/h2-9H,1H3. The minimum atomic E-state index is 0.630. The van der Waals surface area contributed by atoms with Crippen LogP contribution in [-0.2, 0) is 0 Å². The highest BCUT2D eigenvalue weighted by Crippen LogP contribution is 2.26. The quantitative estimate of drug-likeness (QED) is 0.760. The third-order valence-electron chi connectivity index (χ3n) is 2.43. The maximum atomic E-state index is 9.09. The second kappa shape index (κ2) is 4.50. The summed E-state index contributed by atoms with van der Waals surface area (Å²) in [6.07, 6.45) is 0. The summed E-state index contributed by atoms with van der Waals surface area (Å²) in [4.78, 5) is 0. The Morgan fingerprint density at radius 3 is 2.44 bits per heavy atom. The zero-order chi connectivity index (χ0) is 11.4. The molecular weight excluding hydrogens is 198 g/mol. The fourth-order valence-electron chi connectivity index (χ4n) is 1.61. The smallest absolute Gasteiger partial charge is 0.120 e. The molecule has 0 aliphatic heterocycles. The third kappa shape index (κ3) is 1.89. The van der Waals surface area contributed by atoms with Crippen molar-refractivity contribution in [1.29, 1.82) is 5.26 Å². The van der Waals surface area contributed by atoms with Crippen LogP contribution in [-0.4, -0.2) is 7.11 Å². The minimum Gasteiger partial charge on any atom is -0.497 e. The molecule has 0 spiro atoms. The number of hydrogen-bond acceptors (Lipinski definition) is 2. The minimum absolute atomic E-state index is 0.630. The van der Waals surface area contributed by atoms with Gasteiger partial charge in [0.2, 0.25) is 0 Å². The molecule has 0 aliphatic rings. The molecule has 78 valence electrons. The largest absolute Gasteiger partial charge is 0.497 e. The van der Waals surface area contributed by atoms with Crippen LogP contribution in [0.15, 0.2) is 48.5 Å². The van der Waals surface area contributed by atoms with Gasteiger partial charge in [0.25, 0.3) is 0 Å². The zero-order valence-electron chi connectivity index (χ0n) is 8.97. The van der Waals surface area contributed by atoms with E-state index >= 15 is 0 Å². The average molecular weight is 209 g/mol. The Morgan fingerprint density at radius 1 is 1.06 bits per heavy atom.